The largest absolute Gasteiger partial charge is 0.444 e. The van der Waals surface area contributed by atoms with Crippen LogP contribution in [-0.2, 0) is 19.4 Å². The third kappa shape index (κ3) is 5.44. The third-order valence-corrected chi connectivity index (χ3v) is 7.77. The molecule has 0 aliphatic carbocycles. The van der Waals surface area contributed by atoms with E-state index in [1.807, 2.05) is 0 Å². The fraction of sp³-hybridized carbons (Fsp3) is 0.500. The van der Waals surface area contributed by atoms with Crippen LogP contribution >= 0.6 is 23.4 Å². The smallest absolute Gasteiger partial charge is 0.408 e. The SMILES string of the molecule is CC(C)(C)OC(=O)NCC(=O)N=C1S[C@@H]2CS(=O)(=O)C[C@@H]2N1c1ccc(Cl)c(F)c1. The molecule has 0 aromatic heterocycles. The predicted octanol–water partition coefficient (Wildman–Crippen LogP) is 2.61. The van der Waals surface area contributed by atoms with Crippen LogP contribution in [0.25, 0.3) is 0 Å². The molecule has 1 aromatic rings. The molecule has 2 amide bonds. The number of nitrogens with zero attached hydrogens (tertiary/aromatic N) is 2. The van der Waals surface area contributed by atoms with Crippen LogP contribution in [-0.4, -0.2) is 60.5 Å². The molecule has 1 aromatic carbocycles. The molecule has 8 nitrogen and oxygen atoms in total. The minimum atomic E-state index is -3.25. The van der Waals surface area contributed by atoms with Gasteiger partial charge in [0.15, 0.2) is 15.0 Å². The van der Waals surface area contributed by atoms with Gasteiger partial charge in [-0.2, -0.15) is 4.99 Å². The Morgan fingerprint density at radius 1 is 1.37 bits per heavy atom. The predicted molar refractivity (Wildman–Crippen MR) is 114 cm³/mol. The van der Waals surface area contributed by atoms with E-state index >= 15 is 0 Å². The van der Waals surface area contributed by atoms with Crippen LogP contribution < -0.4 is 10.2 Å². The number of anilines is 1. The lowest BCUT2D eigenvalue weighted by atomic mass is 10.2. The summed E-state index contributed by atoms with van der Waals surface area (Å²) in [4.78, 5) is 29.6. The number of rotatable bonds is 3. The summed E-state index contributed by atoms with van der Waals surface area (Å²) in [5.41, 5.74) is -0.362. The Morgan fingerprint density at radius 2 is 2.07 bits per heavy atom. The van der Waals surface area contributed by atoms with Crippen LogP contribution in [0.5, 0.6) is 0 Å². The number of ether oxygens (including phenoxy) is 1. The number of thioether (sulfide) groups is 1. The number of aliphatic imine (C=N–C) groups is 1. The molecular formula is C18H21ClFN3O5S2. The van der Waals surface area contributed by atoms with Crippen LogP contribution in [0.15, 0.2) is 23.2 Å². The zero-order valence-electron chi connectivity index (χ0n) is 16.5. The molecule has 3 rings (SSSR count). The summed E-state index contributed by atoms with van der Waals surface area (Å²) in [6.07, 6.45) is -0.755. The van der Waals surface area contributed by atoms with Crippen molar-refractivity contribution in [3.8, 4) is 0 Å². The minimum absolute atomic E-state index is 0.0573. The van der Waals surface area contributed by atoms with Crippen molar-refractivity contribution in [1.29, 1.82) is 0 Å². The average Bonchev–Trinajstić information content (AvgIpc) is 3.05. The first-order valence-electron chi connectivity index (χ1n) is 9.04. The number of benzene rings is 1. The highest BCUT2D eigenvalue weighted by molar-refractivity contribution is 8.16. The van der Waals surface area contributed by atoms with Crippen LogP contribution in [0.2, 0.25) is 5.02 Å². The van der Waals surface area contributed by atoms with Crippen LogP contribution in [0.1, 0.15) is 20.8 Å². The van der Waals surface area contributed by atoms with E-state index < -0.39 is 45.8 Å². The number of fused-ring (bicyclic) bond motifs is 1. The standard InChI is InChI=1S/C18H21ClFN3O5S2/c1-18(2,3)28-17(25)21-7-15(24)22-16-23(10-4-5-11(19)12(20)6-10)13-8-30(26,27)9-14(13)29-16/h4-6,13-14H,7-9H2,1-3H3,(H,21,25)/t13-,14+/m0/s1. The summed E-state index contributed by atoms with van der Waals surface area (Å²) in [5.74, 6) is -1.50. The normalized spacial score (nSPS) is 24.0. The van der Waals surface area contributed by atoms with Crippen LogP contribution in [0.4, 0.5) is 14.9 Å². The van der Waals surface area contributed by atoms with Gasteiger partial charge >= 0.3 is 6.09 Å². The topological polar surface area (TPSA) is 105 Å². The molecule has 0 spiro atoms. The van der Waals surface area contributed by atoms with Gasteiger partial charge in [-0.3, -0.25) is 4.79 Å². The highest BCUT2D eigenvalue weighted by Crippen LogP contribution is 2.41. The van der Waals surface area contributed by atoms with E-state index in [0.717, 1.165) is 11.8 Å². The summed E-state index contributed by atoms with van der Waals surface area (Å²) in [6, 6.07) is 3.59. The number of hydrogen-bond donors (Lipinski definition) is 1. The molecule has 30 heavy (non-hydrogen) atoms. The Balaban J connectivity index is 1.80. The number of amides is 2. The number of halogens is 2. The van der Waals surface area contributed by atoms with Crippen molar-refractivity contribution >= 4 is 56.1 Å². The molecule has 2 heterocycles. The first kappa shape index (κ1) is 22.8. The maximum atomic E-state index is 14.0. The number of alkyl carbamates (subject to hydrolysis) is 1. The molecule has 0 saturated carbocycles. The van der Waals surface area contributed by atoms with Gasteiger partial charge < -0.3 is 15.0 Å². The maximum absolute atomic E-state index is 14.0. The molecule has 0 bridgehead atoms. The fourth-order valence-corrected chi connectivity index (χ4v) is 7.16. The van der Waals surface area contributed by atoms with E-state index in [4.69, 9.17) is 16.3 Å². The first-order valence-corrected chi connectivity index (χ1v) is 12.1. The monoisotopic (exact) mass is 477 g/mol. The molecular weight excluding hydrogens is 457 g/mol. The Morgan fingerprint density at radius 3 is 2.70 bits per heavy atom. The number of amidine groups is 1. The van der Waals surface area contributed by atoms with Crippen molar-refractivity contribution in [2.24, 2.45) is 4.99 Å². The molecule has 164 valence electrons. The minimum Gasteiger partial charge on any atom is -0.444 e. The van der Waals surface area contributed by atoms with Gasteiger partial charge in [0.2, 0.25) is 0 Å². The molecule has 2 atom stereocenters. The van der Waals surface area contributed by atoms with Gasteiger partial charge in [-0.15, -0.1) is 0 Å². The summed E-state index contributed by atoms with van der Waals surface area (Å²) < 4.78 is 43.2. The van der Waals surface area contributed by atoms with E-state index in [2.05, 4.69) is 10.3 Å². The van der Waals surface area contributed by atoms with Gasteiger partial charge in [0.25, 0.3) is 5.91 Å². The van der Waals surface area contributed by atoms with Gasteiger partial charge in [0, 0.05) is 10.9 Å². The lowest BCUT2D eigenvalue weighted by Crippen LogP contribution is -2.38. The fourth-order valence-electron chi connectivity index (χ4n) is 3.11. The lowest BCUT2D eigenvalue weighted by molar-refractivity contribution is -0.117. The quantitative estimate of drug-likeness (QED) is 0.713. The molecule has 2 aliphatic heterocycles. The Bertz CT molecular complexity index is 1010. The van der Waals surface area contributed by atoms with Crippen LogP contribution in [0.3, 0.4) is 0 Å². The third-order valence-electron chi connectivity index (χ3n) is 4.25. The zero-order valence-corrected chi connectivity index (χ0v) is 18.9. The van der Waals surface area contributed by atoms with Gasteiger partial charge in [0.05, 0.1) is 22.6 Å². The molecule has 1 N–H and O–H groups in total. The molecule has 12 heteroatoms. The second-order valence-corrected chi connectivity index (χ2v) is 11.7. The zero-order chi connectivity index (χ0) is 22.3. The molecule has 2 fully saturated rings. The summed E-state index contributed by atoms with van der Waals surface area (Å²) in [7, 11) is -3.25. The van der Waals surface area contributed by atoms with Gasteiger partial charge in [-0.25, -0.2) is 17.6 Å². The van der Waals surface area contributed by atoms with E-state index in [0.29, 0.717) is 5.69 Å². The summed E-state index contributed by atoms with van der Waals surface area (Å²) in [6.45, 7) is 4.69. The van der Waals surface area contributed by atoms with E-state index in [-0.39, 0.29) is 26.9 Å². The number of sulfone groups is 1. The Labute approximate surface area is 183 Å². The second kappa shape index (κ2) is 8.35. The highest BCUT2D eigenvalue weighted by atomic mass is 35.5. The first-order chi connectivity index (χ1) is 13.8. The van der Waals surface area contributed by atoms with Crippen molar-refractivity contribution in [3.63, 3.8) is 0 Å². The second-order valence-electron chi connectivity index (χ2n) is 7.91. The number of carbonyl (C=O) groups is 2. The molecule has 2 aliphatic rings. The van der Waals surface area contributed by atoms with Crippen molar-refractivity contribution in [1.82, 2.24) is 5.32 Å². The van der Waals surface area contributed by atoms with Crippen molar-refractivity contribution in [3.05, 3.63) is 29.0 Å². The van der Waals surface area contributed by atoms with E-state index in [1.165, 1.54) is 18.2 Å². The number of nitrogens with one attached hydrogen (secondary N) is 1. The van der Waals surface area contributed by atoms with Crippen molar-refractivity contribution in [2.75, 3.05) is 23.0 Å². The maximum Gasteiger partial charge on any atom is 0.408 e. The molecule has 0 unspecified atom stereocenters. The Kier molecular flexibility index (Phi) is 6.35. The molecule has 2 saturated heterocycles. The number of carbonyl (C=O) groups excluding carboxylic acids is 2. The van der Waals surface area contributed by atoms with Gasteiger partial charge in [-0.1, -0.05) is 23.4 Å². The summed E-state index contributed by atoms with van der Waals surface area (Å²) >= 11 is 6.90. The van der Waals surface area contributed by atoms with Crippen molar-refractivity contribution < 1.29 is 27.1 Å². The van der Waals surface area contributed by atoms with Crippen molar-refractivity contribution in [2.45, 2.75) is 37.7 Å². The number of hydrogen-bond acceptors (Lipinski definition) is 6. The molecule has 0 radical (unpaired) electrons. The van der Waals surface area contributed by atoms with Crippen LogP contribution in [0, 0.1) is 5.82 Å². The van der Waals surface area contributed by atoms with Gasteiger partial charge in [-0.05, 0) is 39.0 Å². The Hall–Kier alpha value is -1.85. The van der Waals surface area contributed by atoms with E-state index in [9.17, 15) is 22.4 Å². The summed E-state index contributed by atoms with van der Waals surface area (Å²) in [5, 5.41) is 2.17. The van der Waals surface area contributed by atoms with E-state index in [1.54, 1.807) is 25.7 Å². The average molecular weight is 478 g/mol. The lowest BCUT2D eigenvalue weighted by Gasteiger charge is -2.24. The van der Waals surface area contributed by atoms with Gasteiger partial charge in [0.1, 0.15) is 18.0 Å². The highest BCUT2D eigenvalue weighted by Gasteiger charge is 2.49.